The highest BCUT2D eigenvalue weighted by atomic mass is 32.2. The lowest BCUT2D eigenvalue weighted by atomic mass is 9.98. The second-order valence-corrected chi connectivity index (χ2v) is 10.7. The maximum atomic E-state index is 13.4. The van der Waals surface area contributed by atoms with E-state index in [0.717, 1.165) is 0 Å². The summed E-state index contributed by atoms with van der Waals surface area (Å²) in [5, 5.41) is 15.7. The van der Waals surface area contributed by atoms with Crippen molar-refractivity contribution >= 4 is 33.0 Å². The van der Waals surface area contributed by atoms with Crippen LogP contribution in [0.15, 0.2) is 39.8 Å². The van der Waals surface area contributed by atoms with E-state index in [1.165, 1.54) is 15.6 Å². The number of piperidine rings is 1. The van der Waals surface area contributed by atoms with E-state index in [-0.39, 0.29) is 17.3 Å². The summed E-state index contributed by atoms with van der Waals surface area (Å²) in [6, 6.07) is 10.2. The van der Waals surface area contributed by atoms with Crippen molar-refractivity contribution in [1.82, 2.24) is 14.4 Å². The van der Waals surface area contributed by atoms with E-state index in [1.54, 1.807) is 44.2 Å². The number of benzene rings is 1. The van der Waals surface area contributed by atoms with E-state index in [0.29, 0.717) is 52.1 Å². The fraction of sp³-hybridized carbons (Fsp3) is 0.333. The first-order chi connectivity index (χ1) is 15.3. The number of aryl methyl sites for hydroxylation is 2. The van der Waals surface area contributed by atoms with Crippen LogP contribution in [-0.2, 0) is 14.8 Å². The zero-order chi connectivity index (χ0) is 22.9. The third-order valence-electron chi connectivity index (χ3n) is 5.25. The first-order valence-electron chi connectivity index (χ1n) is 10.00. The molecule has 0 radical (unpaired) electrons. The van der Waals surface area contributed by atoms with E-state index in [4.69, 9.17) is 9.78 Å². The summed E-state index contributed by atoms with van der Waals surface area (Å²) < 4.78 is 33.1. The van der Waals surface area contributed by atoms with Crippen molar-refractivity contribution in [2.45, 2.75) is 31.6 Å². The van der Waals surface area contributed by atoms with Gasteiger partial charge in [-0.15, -0.1) is 11.3 Å². The average molecular weight is 472 g/mol. The Morgan fingerprint density at radius 3 is 2.88 bits per heavy atom. The summed E-state index contributed by atoms with van der Waals surface area (Å²) in [6.45, 7) is 3.86. The molecule has 0 aliphatic carbocycles. The second kappa shape index (κ2) is 8.82. The third-order valence-corrected chi connectivity index (χ3v) is 8.42. The lowest BCUT2D eigenvalue weighted by Crippen LogP contribution is -2.43. The highest BCUT2D eigenvalue weighted by molar-refractivity contribution is 7.89. The minimum Gasteiger partial charge on any atom is -0.339 e. The number of hydrogen-bond acceptors (Lipinski definition) is 8. The van der Waals surface area contributed by atoms with Crippen molar-refractivity contribution in [3.8, 4) is 16.8 Å². The van der Waals surface area contributed by atoms with Crippen molar-refractivity contribution in [1.29, 1.82) is 5.26 Å². The SMILES string of the molecule is Cc1nc(-c2cc(S(=O)(=O)N3CCCC(C(=O)Nc4cccc(C#N)c4)C3)c(C)s2)no1. The Morgan fingerprint density at radius 1 is 1.34 bits per heavy atom. The molecule has 0 saturated carbocycles. The fourth-order valence-corrected chi connectivity index (χ4v) is 6.67. The molecule has 1 unspecified atom stereocenters. The van der Waals surface area contributed by atoms with Gasteiger partial charge in [-0.25, -0.2) is 8.42 Å². The van der Waals surface area contributed by atoms with Gasteiger partial charge in [-0.3, -0.25) is 4.79 Å². The molecule has 11 heteroatoms. The summed E-state index contributed by atoms with van der Waals surface area (Å²) in [5.74, 6) is 0.0146. The molecule has 32 heavy (non-hydrogen) atoms. The van der Waals surface area contributed by atoms with Crippen LogP contribution in [0.1, 0.15) is 29.2 Å². The van der Waals surface area contributed by atoms with Crippen molar-refractivity contribution < 1.29 is 17.7 Å². The van der Waals surface area contributed by atoms with Gasteiger partial charge in [0.1, 0.15) is 0 Å². The van der Waals surface area contributed by atoms with Crippen molar-refractivity contribution in [2.75, 3.05) is 18.4 Å². The van der Waals surface area contributed by atoms with Gasteiger partial charge in [-0.2, -0.15) is 14.6 Å². The molecule has 0 bridgehead atoms. The van der Waals surface area contributed by atoms with E-state index in [2.05, 4.69) is 15.5 Å². The van der Waals surface area contributed by atoms with Crippen LogP contribution in [-0.4, -0.2) is 41.9 Å². The largest absolute Gasteiger partial charge is 0.339 e. The van der Waals surface area contributed by atoms with Gasteiger partial charge in [-0.1, -0.05) is 11.2 Å². The molecular weight excluding hydrogens is 450 g/mol. The standard InChI is InChI=1S/C21H21N5O4S2/c1-13-19(10-18(31-13)20-23-14(2)30-25-20)32(28,29)26-8-4-6-16(12-26)21(27)24-17-7-3-5-15(9-17)11-22/h3,5,7,9-10,16H,4,6,8,12H2,1-2H3,(H,24,27). The summed E-state index contributed by atoms with van der Waals surface area (Å²) in [4.78, 5) is 18.4. The van der Waals surface area contributed by atoms with E-state index in [1.807, 2.05) is 6.07 Å². The van der Waals surface area contributed by atoms with Crippen LogP contribution in [0.5, 0.6) is 0 Å². The van der Waals surface area contributed by atoms with Crippen molar-refractivity contribution in [3.05, 3.63) is 46.7 Å². The molecule has 1 saturated heterocycles. The monoisotopic (exact) mass is 471 g/mol. The van der Waals surface area contributed by atoms with E-state index >= 15 is 0 Å². The quantitative estimate of drug-likeness (QED) is 0.604. The molecular formula is C21H21N5O4S2. The molecule has 3 heterocycles. The number of nitrogens with zero attached hydrogens (tertiary/aromatic N) is 4. The minimum atomic E-state index is -3.79. The Labute approximate surface area is 189 Å². The van der Waals surface area contributed by atoms with Gasteiger partial charge in [0.2, 0.25) is 27.6 Å². The Balaban J connectivity index is 1.51. The molecule has 1 aromatic carbocycles. The van der Waals surface area contributed by atoms with Crippen molar-refractivity contribution in [3.63, 3.8) is 0 Å². The molecule has 1 atom stereocenters. The lowest BCUT2D eigenvalue weighted by molar-refractivity contribution is -0.120. The number of sulfonamides is 1. The number of anilines is 1. The predicted molar refractivity (Wildman–Crippen MR) is 118 cm³/mol. The summed E-state index contributed by atoms with van der Waals surface area (Å²) >= 11 is 1.29. The van der Waals surface area contributed by atoms with Gasteiger partial charge in [-0.05, 0) is 44.0 Å². The van der Waals surface area contributed by atoms with Gasteiger partial charge in [0, 0.05) is 30.6 Å². The van der Waals surface area contributed by atoms with Gasteiger partial charge in [0.25, 0.3) is 0 Å². The maximum absolute atomic E-state index is 13.4. The number of thiophene rings is 1. The van der Waals surface area contributed by atoms with Crippen LogP contribution in [0.2, 0.25) is 0 Å². The normalized spacial score (nSPS) is 17.1. The molecule has 3 aromatic rings. The molecule has 1 N–H and O–H groups in total. The van der Waals surface area contributed by atoms with Gasteiger partial charge in [0.05, 0.1) is 27.3 Å². The molecule has 166 valence electrons. The lowest BCUT2D eigenvalue weighted by Gasteiger charge is -2.31. The summed E-state index contributed by atoms with van der Waals surface area (Å²) in [7, 11) is -3.79. The number of nitriles is 1. The maximum Gasteiger partial charge on any atom is 0.244 e. The molecule has 1 fully saturated rings. The topological polar surface area (TPSA) is 129 Å². The highest BCUT2D eigenvalue weighted by Gasteiger charge is 2.35. The number of rotatable bonds is 5. The van der Waals surface area contributed by atoms with Crippen LogP contribution < -0.4 is 5.32 Å². The van der Waals surface area contributed by atoms with Crippen LogP contribution in [0.25, 0.3) is 10.7 Å². The summed E-state index contributed by atoms with van der Waals surface area (Å²) in [5.41, 5.74) is 0.957. The Morgan fingerprint density at radius 2 is 2.16 bits per heavy atom. The van der Waals surface area contributed by atoms with Crippen LogP contribution in [0, 0.1) is 31.1 Å². The minimum absolute atomic E-state index is 0.0953. The molecule has 0 spiro atoms. The first kappa shape index (κ1) is 22.1. The zero-order valence-corrected chi connectivity index (χ0v) is 19.2. The third kappa shape index (κ3) is 4.43. The smallest absolute Gasteiger partial charge is 0.244 e. The van der Waals surface area contributed by atoms with Crippen LogP contribution in [0.3, 0.4) is 0 Å². The van der Waals surface area contributed by atoms with E-state index < -0.39 is 15.9 Å². The molecule has 1 amide bonds. The predicted octanol–water partition coefficient (Wildman–Crippen LogP) is 3.33. The molecule has 1 aliphatic rings. The average Bonchev–Trinajstić information content (AvgIpc) is 3.39. The first-order valence-corrected chi connectivity index (χ1v) is 12.3. The number of carbonyl (C=O) groups is 1. The molecule has 2 aromatic heterocycles. The number of aromatic nitrogens is 2. The summed E-state index contributed by atoms with van der Waals surface area (Å²) in [6.07, 6.45) is 1.17. The Kier molecular flexibility index (Phi) is 6.10. The number of nitrogens with one attached hydrogen (secondary N) is 1. The van der Waals surface area contributed by atoms with Crippen LogP contribution >= 0.6 is 11.3 Å². The molecule has 9 nitrogen and oxygen atoms in total. The van der Waals surface area contributed by atoms with E-state index in [9.17, 15) is 13.2 Å². The van der Waals surface area contributed by atoms with Gasteiger partial charge < -0.3 is 9.84 Å². The molecule has 4 rings (SSSR count). The second-order valence-electron chi connectivity index (χ2n) is 7.55. The van der Waals surface area contributed by atoms with Gasteiger partial charge in [0.15, 0.2) is 0 Å². The Bertz CT molecular complexity index is 1310. The fourth-order valence-electron chi connectivity index (χ4n) is 3.66. The van der Waals surface area contributed by atoms with Crippen LogP contribution in [0.4, 0.5) is 5.69 Å². The zero-order valence-electron chi connectivity index (χ0n) is 17.5. The highest BCUT2D eigenvalue weighted by Crippen LogP contribution is 2.35. The number of hydrogen-bond donors (Lipinski definition) is 1. The number of amides is 1. The van der Waals surface area contributed by atoms with Gasteiger partial charge >= 0.3 is 0 Å². The molecule has 1 aliphatic heterocycles. The van der Waals surface area contributed by atoms with Crippen molar-refractivity contribution in [2.24, 2.45) is 5.92 Å². The number of carbonyl (C=O) groups excluding carboxylic acids is 1. The Hall–Kier alpha value is -3.07.